The average Bonchev–Trinajstić information content (AvgIpc) is 3.35. The Labute approximate surface area is 168 Å². The van der Waals surface area contributed by atoms with E-state index in [-0.39, 0.29) is 29.8 Å². The summed E-state index contributed by atoms with van der Waals surface area (Å²) in [6, 6.07) is 8.21. The number of carbonyl (C=O) groups is 2. The lowest BCUT2D eigenvalue weighted by Crippen LogP contribution is -2.42. The molecule has 2 aliphatic heterocycles. The molecule has 0 aliphatic carbocycles. The van der Waals surface area contributed by atoms with E-state index in [1.165, 1.54) is 16.9 Å². The molecule has 8 heteroatoms. The second-order valence-electron chi connectivity index (χ2n) is 7.84. The van der Waals surface area contributed by atoms with Crippen LogP contribution in [-0.4, -0.2) is 65.4 Å². The van der Waals surface area contributed by atoms with Crippen molar-refractivity contribution >= 4 is 28.4 Å². The molecule has 0 spiro atoms. The van der Waals surface area contributed by atoms with Crippen LogP contribution in [0.3, 0.4) is 0 Å². The third kappa shape index (κ3) is 3.11. The van der Waals surface area contributed by atoms with Crippen LogP contribution in [0.4, 0.5) is 9.93 Å². The number of fused-ring (bicyclic) bond motifs is 1. The zero-order valence-corrected chi connectivity index (χ0v) is 17.1. The van der Waals surface area contributed by atoms with Crippen molar-refractivity contribution in [3.05, 3.63) is 46.5 Å². The number of hydrogen-bond donors (Lipinski definition) is 1. The Morgan fingerprint density at radius 1 is 1.21 bits per heavy atom. The number of anilines is 1. The van der Waals surface area contributed by atoms with Crippen LogP contribution in [0.2, 0.25) is 0 Å². The van der Waals surface area contributed by atoms with Crippen LogP contribution < -0.4 is 5.73 Å². The van der Waals surface area contributed by atoms with Crippen molar-refractivity contribution in [2.24, 2.45) is 11.8 Å². The summed E-state index contributed by atoms with van der Waals surface area (Å²) in [5.41, 5.74) is 8.44. The van der Waals surface area contributed by atoms with Crippen molar-refractivity contribution in [1.29, 1.82) is 0 Å². The number of hydrogen-bond acceptors (Lipinski definition) is 5. The lowest BCUT2D eigenvalue weighted by atomic mass is 9.88. The minimum absolute atomic E-state index is 0.0211. The highest BCUT2D eigenvalue weighted by molar-refractivity contribution is 7.13. The molecule has 28 heavy (non-hydrogen) atoms. The predicted octanol–water partition coefficient (Wildman–Crippen LogP) is 2.46. The fraction of sp³-hybridized carbons (Fsp3) is 0.450. The topological polar surface area (TPSA) is 82.8 Å². The monoisotopic (exact) mass is 399 g/mol. The lowest BCUT2D eigenvalue weighted by Gasteiger charge is -2.32. The maximum atomic E-state index is 12.9. The molecule has 3 amide bonds. The fourth-order valence-electron chi connectivity index (χ4n) is 4.53. The molecule has 2 N–H and O–H groups in total. The summed E-state index contributed by atoms with van der Waals surface area (Å²) in [7, 11) is 3.57. The van der Waals surface area contributed by atoms with Gasteiger partial charge in [-0.25, -0.2) is 9.78 Å². The fourth-order valence-corrected chi connectivity index (χ4v) is 5.07. The lowest BCUT2D eigenvalue weighted by molar-refractivity contribution is 0.0761. The maximum absolute atomic E-state index is 12.9. The first kappa shape index (κ1) is 18.7. The van der Waals surface area contributed by atoms with Crippen molar-refractivity contribution in [2.75, 3.05) is 39.5 Å². The van der Waals surface area contributed by atoms with Gasteiger partial charge in [-0.1, -0.05) is 24.3 Å². The zero-order valence-electron chi connectivity index (χ0n) is 16.3. The van der Waals surface area contributed by atoms with Crippen molar-refractivity contribution < 1.29 is 9.59 Å². The summed E-state index contributed by atoms with van der Waals surface area (Å²) in [6.45, 7) is 4.00. The molecule has 0 unspecified atom stereocenters. The number of likely N-dealkylation sites (tertiary alicyclic amines) is 2. The molecule has 148 valence electrons. The molecule has 1 aromatic heterocycles. The number of amides is 3. The van der Waals surface area contributed by atoms with Crippen molar-refractivity contribution in [3.63, 3.8) is 0 Å². The quantitative estimate of drug-likeness (QED) is 0.841. The van der Waals surface area contributed by atoms with E-state index in [0.29, 0.717) is 30.5 Å². The Balaban J connectivity index is 1.63. The normalized spacial score (nSPS) is 23.8. The van der Waals surface area contributed by atoms with Crippen LogP contribution in [0.5, 0.6) is 0 Å². The molecule has 1 aromatic carbocycles. The average molecular weight is 400 g/mol. The number of nitrogens with two attached hydrogens (primary N) is 1. The molecule has 0 radical (unpaired) electrons. The molecule has 2 aliphatic rings. The zero-order chi connectivity index (χ0) is 20.0. The number of urea groups is 1. The van der Waals surface area contributed by atoms with E-state index in [0.717, 1.165) is 5.56 Å². The first-order valence-electron chi connectivity index (χ1n) is 9.40. The molecule has 0 bridgehead atoms. The second kappa shape index (κ2) is 7.09. The van der Waals surface area contributed by atoms with Gasteiger partial charge in [-0.05, 0) is 18.1 Å². The molecule has 4 rings (SSSR count). The maximum Gasteiger partial charge on any atom is 0.320 e. The molecule has 3 heterocycles. The van der Waals surface area contributed by atoms with Crippen LogP contribution >= 0.6 is 11.3 Å². The molecule has 7 nitrogen and oxygen atoms in total. The number of thiazole rings is 1. The number of aryl methyl sites for hydroxylation is 1. The summed E-state index contributed by atoms with van der Waals surface area (Å²) in [5, 5.41) is 2.12. The summed E-state index contributed by atoms with van der Waals surface area (Å²) >= 11 is 1.28. The first-order valence-corrected chi connectivity index (χ1v) is 10.3. The van der Waals surface area contributed by atoms with Gasteiger partial charge in [0.25, 0.3) is 5.91 Å². The highest BCUT2D eigenvalue weighted by Crippen LogP contribution is 2.46. The van der Waals surface area contributed by atoms with E-state index < -0.39 is 0 Å². The summed E-state index contributed by atoms with van der Waals surface area (Å²) in [6.07, 6.45) is 0. The number of carbonyl (C=O) groups excluding carboxylic acids is 2. The Morgan fingerprint density at radius 3 is 2.61 bits per heavy atom. The van der Waals surface area contributed by atoms with Crippen LogP contribution in [-0.2, 0) is 0 Å². The highest BCUT2D eigenvalue weighted by Gasteiger charge is 2.50. The van der Waals surface area contributed by atoms with Gasteiger partial charge in [0, 0.05) is 50.9 Å². The number of rotatable bonds is 2. The van der Waals surface area contributed by atoms with Crippen LogP contribution in [0.25, 0.3) is 0 Å². The van der Waals surface area contributed by atoms with Gasteiger partial charge in [0.05, 0.1) is 6.04 Å². The van der Waals surface area contributed by atoms with Gasteiger partial charge >= 0.3 is 6.03 Å². The molecule has 2 aromatic rings. The van der Waals surface area contributed by atoms with Gasteiger partial charge in [-0.15, -0.1) is 11.3 Å². The van der Waals surface area contributed by atoms with Gasteiger partial charge in [0.15, 0.2) is 5.13 Å². The largest absolute Gasteiger partial charge is 0.375 e. The summed E-state index contributed by atoms with van der Waals surface area (Å²) in [4.78, 5) is 35.3. The third-order valence-electron chi connectivity index (χ3n) is 5.83. The smallest absolute Gasteiger partial charge is 0.320 e. The van der Waals surface area contributed by atoms with Crippen LogP contribution in [0.1, 0.15) is 27.7 Å². The van der Waals surface area contributed by atoms with E-state index >= 15 is 0 Å². The van der Waals surface area contributed by atoms with Crippen molar-refractivity contribution in [3.8, 4) is 0 Å². The van der Waals surface area contributed by atoms with Gasteiger partial charge < -0.3 is 20.4 Å². The highest BCUT2D eigenvalue weighted by atomic mass is 32.1. The number of nitrogen functional groups attached to an aromatic ring is 1. The van der Waals surface area contributed by atoms with E-state index in [1.807, 2.05) is 21.9 Å². The first-order chi connectivity index (χ1) is 13.4. The van der Waals surface area contributed by atoms with E-state index in [9.17, 15) is 9.59 Å². The van der Waals surface area contributed by atoms with Gasteiger partial charge in [0.1, 0.15) is 5.69 Å². The van der Waals surface area contributed by atoms with Crippen LogP contribution in [0.15, 0.2) is 29.6 Å². The van der Waals surface area contributed by atoms with Crippen LogP contribution in [0, 0.1) is 18.8 Å². The number of benzene rings is 1. The molecular formula is C20H25N5O2S. The minimum Gasteiger partial charge on any atom is -0.375 e. The molecule has 2 fully saturated rings. The van der Waals surface area contributed by atoms with E-state index in [4.69, 9.17) is 5.73 Å². The predicted molar refractivity (Wildman–Crippen MR) is 109 cm³/mol. The number of nitrogens with zero attached hydrogens (tertiary/aromatic N) is 4. The molecule has 0 saturated carbocycles. The van der Waals surface area contributed by atoms with Gasteiger partial charge in [0.2, 0.25) is 0 Å². The summed E-state index contributed by atoms with van der Waals surface area (Å²) < 4.78 is 0. The van der Waals surface area contributed by atoms with E-state index in [2.05, 4.69) is 24.0 Å². The Bertz CT molecular complexity index is 912. The van der Waals surface area contributed by atoms with Crippen molar-refractivity contribution in [1.82, 2.24) is 19.7 Å². The standard InChI is InChI=1S/C20H25N5O2S/c1-12-6-4-5-7-14(12)17-15-10-24(18(26)16-11-28-19(21)22-16)8-13(15)9-25(17)20(27)23(2)3/h4-7,11,13,15,17H,8-10H2,1-3H3,(H2,21,22)/t13-,15-,17+/m1/s1. The SMILES string of the molecule is Cc1ccccc1[C@H]1[C@@H]2CN(C(=O)c3csc(N)n3)C[C@@H]2CN1C(=O)N(C)C. The second-order valence-corrected chi connectivity index (χ2v) is 8.73. The Hall–Kier alpha value is -2.61. The molecule has 2 saturated heterocycles. The van der Waals surface area contributed by atoms with E-state index in [1.54, 1.807) is 24.4 Å². The summed E-state index contributed by atoms with van der Waals surface area (Å²) in [5.74, 6) is 0.398. The molecular weight excluding hydrogens is 374 g/mol. The van der Waals surface area contributed by atoms with Gasteiger partial charge in [-0.3, -0.25) is 4.79 Å². The number of aromatic nitrogens is 1. The Kier molecular flexibility index (Phi) is 4.74. The van der Waals surface area contributed by atoms with Crippen molar-refractivity contribution in [2.45, 2.75) is 13.0 Å². The van der Waals surface area contributed by atoms with Gasteiger partial charge in [-0.2, -0.15) is 0 Å². The molecule has 3 atom stereocenters. The third-order valence-corrected chi connectivity index (χ3v) is 6.50. The minimum atomic E-state index is -0.0728. The Morgan fingerprint density at radius 2 is 1.96 bits per heavy atom.